The molecule has 1 N–H and O–H groups in total. The van der Waals surface area contributed by atoms with Gasteiger partial charge in [0, 0.05) is 42.9 Å². The fourth-order valence-electron chi connectivity index (χ4n) is 4.38. The Hall–Kier alpha value is -2.36. The second kappa shape index (κ2) is 11.9. The Kier molecular flexibility index (Phi) is 9.16. The Balaban J connectivity index is 0.000000406. The summed E-state index contributed by atoms with van der Waals surface area (Å²) in [6.07, 6.45) is 2.44. The molecule has 0 unspecified atom stereocenters. The monoisotopic (exact) mass is 499 g/mol. The molecule has 10 heteroatoms. The molecule has 2 saturated heterocycles. The third-order valence-corrected chi connectivity index (χ3v) is 6.33. The SMILES string of the molecule is C[C@H]1CN(C2CCN(c3cccnc3)CC2)[C@@H](Cc2ccc(Cl)cc2)CO1.O=C(O)C(F)(F)F. The van der Waals surface area contributed by atoms with Gasteiger partial charge in [0.15, 0.2) is 0 Å². The van der Waals surface area contributed by atoms with E-state index in [0.717, 1.165) is 37.7 Å². The van der Waals surface area contributed by atoms with Crippen molar-refractivity contribution in [1.82, 2.24) is 9.88 Å². The van der Waals surface area contributed by atoms with Gasteiger partial charge < -0.3 is 14.7 Å². The number of hydrogen-bond donors (Lipinski definition) is 1. The van der Waals surface area contributed by atoms with Gasteiger partial charge in [-0.3, -0.25) is 9.88 Å². The quantitative estimate of drug-likeness (QED) is 0.659. The number of piperidine rings is 1. The third kappa shape index (κ3) is 7.58. The van der Waals surface area contributed by atoms with E-state index in [9.17, 15) is 13.2 Å². The summed E-state index contributed by atoms with van der Waals surface area (Å²) >= 11 is 6.04. The van der Waals surface area contributed by atoms with Crippen LogP contribution in [-0.4, -0.2) is 71.6 Å². The summed E-state index contributed by atoms with van der Waals surface area (Å²) in [5, 5.41) is 7.92. The molecule has 2 aliphatic rings. The van der Waals surface area contributed by atoms with Crippen LogP contribution in [0.2, 0.25) is 5.02 Å². The van der Waals surface area contributed by atoms with Crippen LogP contribution in [0.25, 0.3) is 0 Å². The number of carbonyl (C=O) groups is 1. The number of rotatable bonds is 4. The molecule has 2 aliphatic heterocycles. The van der Waals surface area contributed by atoms with Gasteiger partial charge in [-0.1, -0.05) is 23.7 Å². The van der Waals surface area contributed by atoms with Gasteiger partial charge in [0.2, 0.25) is 0 Å². The summed E-state index contributed by atoms with van der Waals surface area (Å²) in [7, 11) is 0. The number of ether oxygens (including phenoxy) is 1. The maximum absolute atomic E-state index is 10.6. The first kappa shape index (κ1) is 26.2. The highest BCUT2D eigenvalue weighted by molar-refractivity contribution is 6.30. The van der Waals surface area contributed by atoms with Crippen molar-refractivity contribution < 1.29 is 27.8 Å². The zero-order valence-electron chi connectivity index (χ0n) is 18.9. The number of morpholine rings is 1. The molecule has 1 aromatic heterocycles. The molecule has 2 fully saturated rings. The molecule has 0 radical (unpaired) electrons. The number of aliphatic carboxylic acids is 1. The maximum Gasteiger partial charge on any atom is 0.490 e. The van der Waals surface area contributed by atoms with E-state index < -0.39 is 12.1 Å². The highest BCUT2D eigenvalue weighted by Gasteiger charge is 2.38. The lowest BCUT2D eigenvalue weighted by molar-refractivity contribution is -0.192. The number of hydrogen-bond acceptors (Lipinski definition) is 5. The van der Waals surface area contributed by atoms with Crippen molar-refractivity contribution in [3.63, 3.8) is 0 Å². The van der Waals surface area contributed by atoms with E-state index in [-0.39, 0.29) is 0 Å². The lowest BCUT2D eigenvalue weighted by Crippen LogP contribution is -2.56. The zero-order chi connectivity index (χ0) is 24.7. The molecule has 3 heterocycles. The minimum absolute atomic E-state index is 0.308. The van der Waals surface area contributed by atoms with Crippen LogP contribution < -0.4 is 4.90 Å². The number of carboxylic acids is 1. The van der Waals surface area contributed by atoms with Gasteiger partial charge >= 0.3 is 12.1 Å². The molecule has 0 spiro atoms. The summed E-state index contributed by atoms with van der Waals surface area (Å²) in [6.45, 7) is 6.21. The number of pyridine rings is 1. The normalized spacial score (nSPS) is 22.1. The molecule has 6 nitrogen and oxygen atoms in total. The molecular formula is C24H29ClF3N3O3. The van der Waals surface area contributed by atoms with Crippen molar-refractivity contribution in [2.45, 2.75) is 50.6 Å². The molecule has 0 amide bonds. The lowest BCUT2D eigenvalue weighted by atomic mass is 9.96. The smallest absolute Gasteiger partial charge is 0.475 e. The van der Waals surface area contributed by atoms with E-state index in [0.29, 0.717) is 18.2 Å². The predicted octanol–water partition coefficient (Wildman–Crippen LogP) is 4.67. The predicted molar refractivity (Wildman–Crippen MR) is 124 cm³/mol. The topological polar surface area (TPSA) is 65.9 Å². The van der Waals surface area contributed by atoms with Crippen molar-refractivity contribution in [1.29, 1.82) is 0 Å². The van der Waals surface area contributed by atoms with Crippen molar-refractivity contribution in [2.75, 3.05) is 31.1 Å². The van der Waals surface area contributed by atoms with Gasteiger partial charge in [-0.2, -0.15) is 13.2 Å². The molecule has 0 aliphatic carbocycles. The molecule has 186 valence electrons. The van der Waals surface area contributed by atoms with Crippen molar-refractivity contribution in [3.8, 4) is 0 Å². The number of alkyl halides is 3. The Bertz CT molecular complexity index is 907. The van der Waals surface area contributed by atoms with Crippen LogP contribution >= 0.6 is 11.6 Å². The lowest BCUT2D eigenvalue weighted by Gasteiger charge is -2.46. The molecule has 1 aromatic carbocycles. The first-order valence-corrected chi connectivity index (χ1v) is 11.6. The summed E-state index contributed by atoms with van der Waals surface area (Å²) in [4.78, 5) is 18.3. The van der Waals surface area contributed by atoms with Crippen LogP contribution in [0.1, 0.15) is 25.3 Å². The number of halogens is 4. The first-order chi connectivity index (χ1) is 16.1. The molecular weight excluding hydrogens is 471 g/mol. The molecule has 0 saturated carbocycles. The molecule has 34 heavy (non-hydrogen) atoms. The standard InChI is InChI=1S/C22H28ClN3O.C2HF3O2/c1-17-15-26(22(16-27-17)13-18-4-6-19(23)7-5-18)20-8-11-25(12-9-20)21-3-2-10-24-14-21;3-2(4,5)1(6)7/h2-7,10,14,17,20,22H,8-9,11-13,15-16H2,1H3;(H,6,7)/t17-,22-;/m0./s1. The number of benzene rings is 1. The largest absolute Gasteiger partial charge is 0.490 e. The van der Waals surface area contributed by atoms with E-state index in [2.05, 4.69) is 39.9 Å². The Morgan fingerprint density at radius 3 is 2.41 bits per heavy atom. The van der Waals surface area contributed by atoms with E-state index in [4.69, 9.17) is 26.2 Å². The Labute approximate surface area is 202 Å². The summed E-state index contributed by atoms with van der Waals surface area (Å²) in [5.41, 5.74) is 2.57. The second-order valence-corrected chi connectivity index (χ2v) is 8.99. The van der Waals surface area contributed by atoms with E-state index >= 15 is 0 Å². The van der Waals surface area contributed by atoms with Crippen molar-refractivity contribution in [3.05, 3.63) is 59.4 Å². The van der Waals surface area contributed by atoms with Crippen LogP contribution in [0.15, 0.2) is 48.8 Å². The van der Waals surface area contributed by atoms with Crippen LogP contribution in [0.4, 0.5) is 18.9 Å². The molecule has 2 atom stereocenters. The molecule has 4 rings (SSSR count). The van der Waals surface area contributed by atoms with Crippen LogP contribution in [0, 0.1) is 0 Å². The number of nitrogens with zero attached hydrogens (tertiary/aromatic N) is 3. The highest BCUT2D eigenvalue weighted by Crippen LogP contribution is 2.27. The highest BCUT2D eigenvalue weighted by atomic mass is 35.5. The van der Waals surface area contributed by atoms with E-state index in [1.165, 1.54) is 24.1 Å². The molecule has 2 aromatic rings. The second-order valence-electron chi connectivity index (χ2n) is 8.56. The Morgan fingerprint density at radius 1 is 1.21 bits per heavy atom. The zero-order valence-corrected chi connectivity index (χ0v) is 19.7. The van der Waals surface area contributed by atoms with E-state index in [1.54, 1.807) is 0 Å². The summed E-state index contributed by atoms with van der Waals surface area (Å²) in [5.74, 6) is -2.76. The van der Waals surface area contributed by atoms with Crippen LogP contribution in [0.5, 0.6) is 0 Å². The van der Waals surface area contributed by atoms with Gasteiger partial charge in [0.1, 0.15) is 0 Å². The van der Waals surface area contributed by atoms with Crippen molar-refractivity contribution in [2.24, 2.45) is 0 Å². The van der Waals surface area contributed by atoms with Crippen molar-refractivity contribution >= 4 is 23.3 Å². The van der Waals surface area contributed by atoms with Gasteiger partial charge in [-0.25, -0.2) is 4.79 Å². The van der Waals surface area contributed by atoms with Gasteiger partial charge in [0.05, 0.1) is 24.6 Å². The fraction of sp³-hybridized carbons (Fsp3) is 0.500. The number of aromatic nitrogens is 1. The van der Waals surface area contributed by atoms with Gasteiger partial charge in [-0.05, 0) is 56.0 Å². The van der Waals surface area contributed by atoms with Crippen LogP contribution in [-0.2, 0) is 16.0 Å². The average Bonchev–Trinajstić information content (AvgIpc) is 2.82. The summed E-state index contributed by atoms with van der Waals surface area (Å²) < 4.78 is 37.7. The number of carboxylic acid groups (broad SMARTS) is 1. The third-order valence-electron chi connectivity index (χ3n) is 6.08. The minimum Gasteiger partial charge on any atom is -0.475 e. The summed E-state index contributed by atoms with van der Waals surface area (Å²) in [6, 6.07) is 13.5. The number of anilines is 1. The minimum atomic E-state index is -5.08. The van der Waals surface area contributed by atoms with Gasteiger partial charge in [-0.15, -0.1) is 0 Å². The van der Waals surface area contributed by atoms with Gasteiger partial charge in [0.25, 0.3) is 0 Å². The van der Waals surface area contributed by atoms with Crippen LogP contribution in [0.3, 0.4) is 0 Å². The molecule has 0 bridgehead atoms. The van der Waals surface area contributed by atoms with E-state index in [1.807, 2.05) is 30.6 Å². The first-order valence-electron chi connectivity index (χ1n) is 11.2. The maximum atomic E-state index is 10.6. The fourth-order valence-corrected chi connectivity index (χ4v) is 4.51. The average molecular weight is 500 g/mol. The Morgan fingerprint density at radius 2 is 1.85 bits per heavy atom.